The van der Waals surface area contributed by atoms with Crippen LogP contribution in [0.2, 0.25) is 0 Å². The van der Waals surface area contributed by atoms with Gasteiger partial charge in [-0.25, -0.2) is 0 Å². The minimum Gasteiger partial charge on any atom is -0.464 e. The molecule has 2 amide bonds. The summed E-state index contributed by atoms with van der Waals surface area (Å²) >= 11 is 1.54. The van der Waals surface area contributed by atoms with Gasteiger partial charge in [-0.2, -0.15) is 0 Å². The first-order chi connectivity index (χ1) is 14.5. The van der Waals surface area contributed by atoms with E-state index in [-0.39, 0.29) is 24.8 Å². The number of carbonyl (C=O) groups is 2. The Labute approximate surface area is 181 Å². The molecule has 0 unspecified atom stereocenters. The standard InChI is InChI=1S/C24H26N2O3S/c1-3-13-25(23(27)15-22-10-7-14-30-22)18-24(28)26(16-20-8-5-4-6-9-20)17-21-12-11-19(2)29-21/h3-12,14H,1,13,15-18H2,2H3. The topological polar surface area (TPSA) is 53.8 Å². The van der Waals surface area contributed by atoms with Crippen molar-refractivity contribution in [3.05, 3.63) is 94.6 Å². The van der Waals surface area contributed by atoms with Crippen LogP contribution in [-0.2, 0) is 29.1 Å². The lowest BCUT2D eigenvalue weighted by Gasteiger charge is -2.27. The molecule has 3 aromatic rings. The summed E-state index contributed by atoms with van der Waals surface area (Å²) in [6, 6.07) is 17.4. The minimum atomic E-state index is -0.130. The Kier molecular flexibility index (Phi) is 7.63. The van der Waals surface area contributed by atoms with Gasteiger partial charge in [0.25, 0.3) is 0 Å². The van der Waals surface area contributed by atoms with Crippen molar-refractivity contribution < 1.29 is 14.0 Å². The SMILES string of the molecule is C=CCN(CC(=O)N(Cc1ccccc1)Cc1ccc(C)o1)C(=O)Cc1cccs1. The van der Waals surface area contributed by atoms with Crippen molar-refractivity contribution in [2.24, 2.45) is 0 Å². The maximum atomic E-state index is 13.2. The van der Waals surface area contributed by atoms with Crippen molar-refractivity contribution in [3.8, 4) is 0 Å². The molecule has 30 heavy (non-hydrogen) atoms. The Morgan fingerprint density at radius 3 is 2.43 bits per heavy atom. The zero-order valence-corrected chi connectivity index (χ0v) is 17.9. The third-order valence-electron chi connectivity index (χ3n) is 4.65. The summed E-state index contributed by atoms with van der Waals surface area (Å²) in [7, 11) is 0. The van der Waals surface area contributed by atoms with Gasteiger partial charge in [0.2, 0.25) is 11.8 Å². The van der Waals surface area contributed by atoms with E-state index in [0.29, 0.717) is 19.6 Å². The molecule has 0 aliphatic carbocycles. The third-order valence-corrected chi connectivity index (χ3v) is 5.52. The largest absolute Gasteiger partial charge is 0.464 e. The fourth-order valence-electron chi connectivity index (χ4n) is 3.14. The second kappa shape index (κ2) is 10.6. The zero-order valence-electron chi connectivity index (χ0n) is 17.1. The lowest BCUT2D eigenvalue weighted by molar-refractivity contribution is -0.140. The van der Waals surface area contributed by atoms with Crippen molar-refractivity contribution in [2.45, 2.75) is 26.4 Å². The van der Waals surface area contributed by atoms with Crippen LogP contribution in [-0.4, -0.2) is 34.7 Å². The Morgan fingerprint density at radius 1 is 1.00 bits per heavy atom. The predicted octanol–water partition coefficient (Wildman–Crippen LogP) is 4.44. The Hall–Kier alpha value is -3.12. The first-order valence-corrected chi connectivity index (χ1v) is 10.7. The molecule has 156 valence electrons. The van der Waals surface area contributed by atoms with Gasteiger partial charge in [-0.15, -0.1) is 17.9 Å². The number of aryl methyl sites for hydroxylation is 1. The number of hydrogen-bond donors (Lipinski definition) is 0. The Bertz CT molecular complexity index is 964. The highest BCUT2D eigenvalue weighted by atomic mass is 32.1. The molecule has 6 heteroatoms. The van der Waals surface area contributed by atoms with Gasteiger partial charge in [0.15, 0.2) is 0 Å². The van der Waals surface area contributed by atoms with Crippen LogP contribution < -0.4 is 0 Å². The first kappa shape index (κ1) is 21.6. The average Bonchev–Trinajstić information content (AvgIpc) is 3.39. The van der Waals surface area contributed by atoms with E-state index in [2.05, 4.69) is 6.58 Å². The van der Waals surface area contributed by atoms with Crippen molar-refractivity contribution in [1.82, 2.24) is 9.80 Å². The van der Waals surface area contributed by atoms with E-state index in [1.165, 1.54) is 11.3 Å². The van der Waals surface area contributed by atoms with Crippen LogP contribution in [0.4, 0.5) is 0 Å². The van der Waals surface area contributed by atoms with Crippen molar-refractivity contribution in [2.75, 3.05) is 13.1 Å². The fraction of sp³-hybridized carbons (Fsp3) is 0.250. The van der Waals surface area contributed by atoms with Crippen LogP contribution in [0.25, 0.3) is 0 Å². The highest BCUT2D eigenvalue weighted by Crippen LogP contribution is 2.15. The molecule has 0 aliphatic heterocycles. The second-order valence-electron chi connectivity index (χ2n) is 7.07. The van der Waals surface area contributed by atoms with Crippen LogP contribution in [0, 0.1) is 6.92 Å². The average molecular weight is 423 g/mol. The lowest BCUT2D eigenvalue weighted by atomic mass is 10.2. The summed E-state index contributed by atoms with van der Waals surface area (Å²) < 4.78 is 5.68. The molecule has 2 heterocycles. The predicted molar refractivity (Wildman–Crippen MR) is 119 cm³/mol. The maximum absolute atomic E-state index is 13.2. The number of rotatable bonds is 10. The van der Waals surface area contributed by atoms with E-state index in [0.717, 1.165) is 22.0 Å². The molecule has 5 nitrogen and oxygen atoms in total. The number of carbonyl (C=O) groups excluding carboxylic acids is 2. The molecule has 0 saturated carbocycles. The smallest absolute Gasteiger partial charge is 0.242 e. The molecule has 0 atom stereocenters. The molecular weight excluding hydrogens is 396 g/mol. The van der Waals surface area contributed by atoms with E-state index >= 15 is 0 Å². The summed E-state index contributed by atoms with van der Waals surface area (Å²) in [6.45, 7) is 6.74. The number of hydrogen-bond acceptors (Lipinski definition) is 4. The molecule has 0 spiro atoms. The monoisotopic (exact) mass is 422 g/mol. The van der Waals surface area contributed by atoms with Crippen molar-refractivity contribution >= 4 is 23.2 Å². The van der Waals surface area contributed by atoms with Gasteiger partial charge in [0.1, 0.15) is 18.1 Å². The van der Waals surface area contributed by atoms with Crippen molar-refractivity contribution in [1.29, 1.82) is 0 Å². The molecule has 1 aromatic carbocycles. The summed E-state index contributed by atoms with van der Waals surface area (Å²) in [6.07, 6.45) is 1.94. The van der Waals surface area contributed by atoms with Gasteiger partial charge in [-0.3, -0.25) is 9.59 Å². The van der Waals surface area contributed by atoms with Gasteiger partial charge in [-0.1, -0.05) is 42.5 Å². The summed E-state index contributed by atoms with van der Waals surface area (Å²) in [4.78, 5) is 30.2. The van der Waals surface area contributed by atoms with Crippen LogP contribution >= 0.6 is 11.3 Å². The highest BCUT2D eigenvalue weighted by molar-refractivity contribution is 7.10. The number of thiophene rings is 1. The minimum absolute atomic E-state index is 0.00273. The first-order valence-electron chi connectivity index (χ1n) is 9.83. The van der Waals surface area contributed by atoms with E-state index in [1.54, 1.807) is 15.9 Å². The lowest BCUT2D eigenvalue weighted by Crippen LogP contribution is -2.43. The summed E-state index contributed by atoms with van der Waals surface area (Å²) in [5.74, 6) is 1.31. The molecule has 2 aromatic heterocycles. The van der Waals surface area contributed by atoms with Crippen LogP contribution in [0.5, 0.6) is 0 Å². The fourth-order valence-corrected chi connectivity index (χ4v) is 3.84. The van der Waals surface area contributed by atoms with Gasteiger partial charge >= 0.3 is 0 Å². The molecule has 3 rings (SSSR count). The van der Waals surface area contributed by atoms with E-state index < -0.39 is 0 Å². The normalized spacial score (nSPS) is 10.6. The van der Waals surface area contributed by atoms with Crippen LogP contribution in [0.3, 0.4) is 0 Å². The number of furan rings is 1. The number of nitrogens with zero attached hydrogens (tertiary/aromatic N) is 2. The molecule has 0 N–H and O–H groups in total. The Balaban J connectivity index is 1.73. The van der Waals surface area contributed by atoms with E-state index in [9.17, 15) is 9.59 Å². The molecular formula is C24H26N2O3S. The van der Waals surface area contributed by atoms with Gasteiger partial charge in [0, 0.05) is 18.0 Å². The maximum Gasteiger partial charge on any atom is 0.242 e. The summed E-state index contributed by atoms with van der Waals surface area (Å²) in [5.41, 5.74) is 1.02. The molecule has 0 bridgehead atoms. The molecule has 0 saturated heterocycles. The number of benzene rings is 1. The zero-order chi connectivity index (χ0) is 21.3. The second-order valence-corrected chi connectivity index (χ2v) is 8.10. The third kappa shape index (κ3) is 6.19. The highest BCUT2D eigenvalue weighted by Gasteiger charge is 2.22. The van der Waals surface area contributed by atoms with Gasteiger partial charge < -0.3 is 14.2 Å². The van der Waals surface area contributed by atoms with Crippen molar-refractivity contribution in [3.63, 3.8) is 0 Å². The molecule has 0 radical (unpaired) electrons. The summed E-state index contributed by atoms with van der Waals surface area (Å²) in [5, 5.41) is 1.94. The van der Waals surface area contributed by atoms with Crippen LogP contribution in [0.15, 0.2) is 77.0 Å². The van der Waals surface area contributed by atoms with E-state index in [4.69, 9.17) is 4.42 Å². The molecule has 0 aliphatic rings. The Morgan fingerprint density at radius 2 is 1.80 bits per heavy atom. The van der Waals surface area contributed by atoms with Crippen LogP contribution in [0.1, 0.15) is 22.0 Å². The van der Waals surface area contributed by atoms with E-state index in [1.807, 2.05) is 66.9 Å². The van der Waals surface area contributed by atoms with Gasteiger partial charge in [0.05, 0.1) is 13.0 Å². The van der Waals surface area contributed by atoms with Gasteiger partial charge in [-0.05, 0) is 36.1 Å². The number of amides is 2. The quantitative estimate of drug-likeness (QED) is 0.454. The molecule has 0 fully saturated rings.